The van der Waals surface area contributed by atoms with Crippen LogP contribution in [0.4, 0.5) is 4.39 Å². The van der Waals surface area contributed by atoms with Crippen LogP contribution in [-0.2, 0) is 11.3 Å². The molecule has 0 aliphatic rings. The van der Waals surface area contributed by atoms with E-state index in [4.69, 9.17) is 9.47 Å². The Labute approximate surface area is 179 Å². The van der Waals surface area contributed by atoms with Gasteiger partial charge in [-0.2, -0.15) is 0 Å². The van der Waals surface area contributed by atoms with E-state index in [2.05, 4.69) is 0 Å². The molecular weight excluding hydrogens is 401 g/mol. The summed E-state index contributed by atoms with van der Waals surface area (Å²) in [4.78, 5) is 25.5. The number of hydrogen-bond acceptors (Lipinski definition) is 5. The maximum absolute atomic E-state index is 13.1. The maximum atomic E-state index is 13.1. The lowest BCUT2D eigenvalue weighted by atomic mass is 10.0. The average Bonchev–Trinajstić information content (AvgIpc) is 2.75. The van der Waals surface area contributed by atoms with Gasteiger partial charge in [0.25, 0.3) is 0 Å². The van der Waals surface area contributed by atoms with E-state index >= 15 is 0 Å². The van der Waals surface area contributed by atoms with Crippen molar-refractivity contribution in [2.45, 2.75) is 33.4 Å². The first kappa shape index (κ1) is 22.5. The van der Waals surface area contributed by atoms with Crippen molar-refractivity contribution in [3.05, 3.63) is 75.8 Å². The highest BCUT2D eigenvalue weighted by Crippen LogP contribution is 2.26. The predicted molar refractivity (Wildman–Crippen MR) is 116 cm³/mol. The number of carbonyl (C=O) groups is 1. The summed E-state index contributed by atoms with van der Waals surface area (Å²) in [5.41, 5.74) is 0.806. The molecule has 1 unspecified atom stereocenters. The number of hydrogen-bond donors (Lipinski definition) is 1. The number of esters is 1. The minimum atomic E-state index is -0.707. The molecule has 1 atom stereocenters. The van der Waals surface area contributed by atoms with Crippen molar-refractivity contribution in [2.24, 2.45) is 5.92 Å². The highest BCUT2D eigenvalue weighted by Gasteiger charge is 2.22. The van der Waals surface area contributed by atoms with E-state index in [9.17, 15) is 19.1 Å². The zero-order valence-electron chi connectivity index (χ0n) is 17.8. The zero-order chi connectivity index (χ0) is 22.5. The molecule has 0 spiro atoms. The fourth-order valence-electron chi connectivity index (χ4n) is 3.42. The summed E-state index contributed by atoms with van der Waals surface area (Å²) in [7, 11) is 0. The van der Waals surface area contributed by atoms with Gasteiger partial charge in [0, 0.05) is 6.20 Å². The molecule has 0 bridgehead atoms. The Morgan fingerprint density at radius 3 is 2.48 bits per heavy atom. The quantitative estimate of drug-likeness (QED) is 0.548. The summed E-state index contributed by atoms with van der Waals surface area (Å²) in [6, 6.07) is 10.6. The fourth-order valence-corrected chi connectivity index (χ4v) is 3.42. The normalized spacial score (nSPS) is 12.2. The molecular formula is C24H26FNO5. The molecule has 0 aliphatic heterocycles. The summed E-state index contributed by atoms with van der Waals surface area (Å²) in [6.45, 7) is 5.77. The lowest BCUT2D eigenvalue weighted by Crippen LogP contribution is -2.26. The van der Waals surface area contributed by atoms with Crippen molar-refractivity contribution in [3.8, 4) is 5.75 Å². The first-order valence-corrected chi connectivity index (χ1v) is 10.2. The van der Waals surface area contributed by atoms with Crippen LogP contribution < -0.4 is 10.2 Å². The molecule has 0 radical (unpaired) electrons. The van der Waals surface area contributed by atoms with E-state index in [-0.39, 0.29) is 43.2 Å². The van der Waals surface area contributed by atoms with Gasteiger partial charge in [-0.25, -0.2) is 9.18 Å². The number of rotatable bonds is 8. The largest absolute Gasteiger partial charge is 0.489 e. The molecule has 164 valence electrons. The van der Waals surface area contributed by atoms with Gasteiger partial charge in [-0.1, -0.05) is 26.0 Å². The van der Waals surface area contributed by atoms with E-state index in [0.29, 0.717) is 16.7 Å². The molecule has 6 nitrogen and oxygen atoms in total. The fraction of sp³-hybridized carbons (Fsp3) is 0.333. The van der Waals surface area contributed by atoms with Crippen LogP contribution in [0.15, 0.2) is 53.5 Å². The van der Waals surface area contributed by atoms with Crippen LogP contribution in [0, 0.1) is 11.7 Å². The van der Waals surface area contributed by atoms with E-state index in [0.717, 1.165) is 5.56 Å². The van der Waals surface area contributed by atoms with Crippen molar-refractivity contribution in [3.63, 3.8) is 0 Å². The molecule has 1 aromatic heterocycles. The summed E-state index contributed by atoms with van der Waals surface area (Å²) < 4.78 is 25.7. The maximum Gasteiger partial charge on any atom is 0.343 e. The molecule has 0 aliphatic carbocycles. The molecule has 0 saturated heterocycles. The number of pyridine rings is 1. The lowest BCUT2D eigenvalue weighted by Gasteiger charge is -2.25. The Bertz CT molecular complexity index is 1120. The number of nitrogens with zero attached hydrogens (tertiary/aromatic N) is 1. The lowest BCUT2D eigenvalue weighted by molar-refractivity contribution is 0.0523. The van der Waals surface area contributed by atoms with Crippen LogP contribution in [0.1, 0.15) is 42.7 Å². The molecule has 7 heteroatoms. The first-order valence-electron chi connectivity index (χ1n) is 10.2. The van der Waals surface area contributed by atoms with Crippen molar-refractivity contribution in [1.29, 1.82) is 0 Å². The predicted octanol–water partition coefficient (Wildman–Crippen LogP) is 4.09. The van der Waals surface area contributed by atoms with Crippen LogP contribution in [-0.4, -0.2) is 28.9 Å². The topological polar surface area (TPSA) is 77.8 Å². The Kier molecular flexibility index (Phi) is 7.07. The minimum Gasteiger partial charge on any atom is -0.489 e. The number of carbonyl (C=O) groups excluding carboxylic acids is 1. The van der Waals surface area contributed by atoms with Gasteiger partial charge in [-0.15, -0.1) is 0 Å². The van der Waals surface area contributed by atoms with Gasteiger partial charge in [0.1, 0.15) is 23.7 Å². The third-order valence-corrected chi connectivity index (χ3v) is 5.13. The van der Waals surface area contributed by atoms with Crippen molar-refractivity contribution < 1.29 is 23.8 Å². The molecule has 0 fully saturated rings. The third-order valence-electron chi connectivity index (χ3n) is 5.13. The van der Waals surface area contributed by atoms with Crippen LogP contribution in [0.3, 0.4) is 0 Å². The Morgan fingerprint density at radius 2 is 1.87 bits per heavy atom. The summed E-state index contributed by atoms with van der Waals surface area (Å²) >= 11 is 0. The van der Waals surface area contributed by atoms with Crippen LogP contribution in [0.5, 0.6) is 5.75 Å². The number of aromatic nitrogens is 1. The Hall–Kier alpha value is -3.19. The summed E-state index contributed by atoms with van der Waals surface area (Å²) in [5, 5.41) is 10.2. The Morgan fingerprint density at radius 1 is 1.16 bits per heavy atom. The van der Waals surface area contributed by atoms with Gasteiger partial charge < -0.3 is 19.1 Å². The zero-order valence-corrected chi connectivity index (χ0v) is 17.8. The van der Waals surface area contributed by atoms with E-state index in [1.54, 1.807) is 41.8 Å². The van der Waals surface area contributed by atoms with Gasteiger partial charge in [0.05, 0.1) is 30.2 Å². The number of benzene rings is 2. The van der Waals surface area contributed by atoms with Gasteiger partial charge >= 0.3 is 5.97 Å². The van der Waals surface area contributed by atoms with E-state index < -0.39 is 11.4 Å². The van der Waals surface area contributed by atoms with E-state index in [1.807, 2.05) is 13.8 Å². The number of aliphatic hydroxyl groups excluding tert-OH is 1. The van der Waals surface area contributed by atoms with Crippen molar-refractivity contribution in [2.75, 3.05) is 13.2 Å². The molecule has 1 N–H and O–H groups in total. The molecule has 2 aromatic carbocycles. The third kappa shape index (κ3) is 4.94. The van der Waals surface area contributed by atoms with Crippen molar-refractivity contribution >= 4 is 16.9 Å². The van der Waals surface area contributed by atoms with Gasteiger partial charge in [0.15, 0.2) is 0 Å². The molecule has 31 heavy (non-hydrogen) atoms. The number of aliphatic hydroxyl groups is 1. The first-order chi connectivity index (χ1) is 14.8. The molecule has 3 rings (SSSR count). The standard InChI is InChI=1S/C24H26FNO5/c1-4-30-24(29)20-12-26(22(13-27)15(2)3)21-10-9-18(11-19(21)23(20)28)31-14-16-5-7-17(25)8-6-16/h5-12,15,22,27H,4,13-14H2,1-3H3. The number of ether oxygens (including phenoxy) is 2. The van der Waals surface area contributed by atoms with Gasteiger partial charge in [-0.3, -0.25) is 4.79 Å². The van der Waals surface area contributed by atoms with Crippen molar-refractivity contribution in [1.82, 2.24) is 4.57 Å². The SMILES string of the molecule is CCOC(=O)c1cn(C(CO)C(C)C)c2ccc(OCc3ccc(F)cc3)cc2c1=O. The number of fused-ring (bicyclic) bond motifs is 1. The monoisotopic (exact) mass is 427 g/mol. The molecule has 0 saturated carbocycles. The summed E-state index contributed by atoms with van der Waals surface area (Å²) in [6.07, 6.45) is 1.46. The molecule has 1 heterocycles. The van der Waals surface area contributed by atoms with Gasteiger partial charge in [-0.05, 0) is 48.7 Å². The molecule has 3 aromatic rings. The highest BCUT2D eigenvalue weighted by atomic mass is 19.1. The number of halogens is 1. The average molecular weight is 427 g/mol. The van der Waals surface area contributed by atoms with Crippen LogP contribution in [0.2, 0.25) is 0 Å². The minimum absolute atomic E-state index is 0.0557. The van der Waals surface area contributed by atoms with Crippen LogP contribution in [0.25, 0.3) is 10.9 Å². The second-order valence-electron chi connectivity index (χ2n) is 7.59. The van der Waals surface area contributed by atoms with Crippen LogP contribution >= 0.6 is 0 Å². The smallest absolute Gasteiger partial charge is 0.343 e. The Balaban J connectivity index is 2.07. The second kappa shape index (κ2) is 9.75. The highest BCUT2D eigenvalue weighted by molar-refractivity contribution is 5.94. The molecule has 0 amide bonds. The van der Waals surface area contributed by atoms with Gasteiger partial charge in [0.2, 0.25) is 5.43 Å². The second-order valence-corrected chi connectivity index (χ2v) is 7.59. The van der Waals surface area contributed by atoms with E-state index in [1.165, 1.54) is 18.3 Å². The summed E-state index contributed by atoms with van der Waals surface area (Å²) in [5.74, 6) is -0.543.